The number of carbonyl (C=O) groups is 3. The first-order valence-electron chi connectivity index (χ1n) is 8.16. The summed E-state index contributed by atoms with van der Waals surface area (Å²) in [6.45, 7) is 1.39. The van der Waals surface area contributed by atoms with E-state index in [1.807, 2.05) is 0 Å². The van der Waals surface area contributed by atoms with Crippen molar-refractivity contribution in [2.24, 2.45) is 10.8 Å². The minimum absolute atomic E-state index is 0.0541. The van der Waals surface area contributed by atoms with E-state index in [0.29, 0.717) is 6.29 Å². The van der Waals surface area contributed by atoms with Gasteiger partial charge in [0, 0.05) is 11.8 Å². The summed E-state index contributed by atoms with van der Waals surface area (Å²) in [6, 6.07) is 5.20. The van der Waals surface area contributed by atoms with Gasteiger partial charge in [0.2, 0.25) is 10.8 Å². The normalized spacial score (nSPS) is 20.6. The van der Waals surface area contributed by atoms with Gasteiger partial charge in [0.1, 0.15) is 11.3 Å². The van der Waals surface area contributed by atoms with Crippen molar-refractivity contribution in [2.45, 2.75) is 13.0 Å². The molecule has 0 fully saturated rings. The zero-order valence-electron chi connectivity index (χ0n) is 15.4. The Balaban J connectivity index is 3.12. The Morgan fingerprint density at radius 2 is 1.79 bits per heavy atom. The van der Waals surface area contributed by atoms with Crippen LogP contribution in [0.25, 0.3) is 0 Å². The molecule has 0 radical (unpaired) electrons. The number of aldehydes is 1. The summed E-state index contributed by atoms with van der Waals surface area (Å²) in [7, 11) is 0.951. The van der Waals surface area contributed by atoms with Crippen LogP contribution in [0.1, 0.15) is 6.92 Å². The standard InChI is InChI=1S/C19H13N5O5/c1-3-29-17(27)15-14(16(26)28-2)19(10-22,11-23)18(8-20,9-21)13-5-4-12(7-25)6-24(13)15/h4-7,13H,3H2,1-2H3. The molecule has 0 aliphatic carbocycles. The molecule has 0 bridgehead atoms. The van der Waals surface area contributed by atoms with Crippen LogP contribution < -0.4 is 0 Å². The van der Waals surface area contributed by atoms with Crippen molar-refractivity contribution in [1.82, 2.24) is 4.90 Å². The number of rotatable bonds is 4. The number of allylic oxidation sites excluding steroid dienone is 2. The summed E-state index contributed by atoms with van der Waals surface area (Å²) in [5.41, 5.74) is -6.42. The molecule has 1 unspecified atom stereocenters. The van der Waals surface area contributed by atoms with E-state index in [2.05, 4.69) is 4.74 Å². The third-order valence-corrected chi connectivity index (χ3v) is 4.65. The summed E-state index contributed by atoms with van der Waals surface area (Å²) in [5, 5.41) is 39.5. The zero-order valence-corrected chi connectivity index (χ0v) is 15.4. The van der Waals surface area contributed by atoms with E-state index in [1.165, 1.54) is 19.1 Å². The monoisotopic (exact) mass is 391 g/mol. The number of nitrogens with zero attached hydrogens (tertiary/aromatic N) is 5. The van der Waals surface area contributed by atoms with Gasteiger partial charge < -0.3 is 14.4 Å². The molecule has 10 nitrogen and oxygen atoms in total. The van der Waals surface area contributed by atoms with Crippen molar-refractivity contribution in [3.8, 4) is 24.3 Å². The van der Waals surface area contributed by atoms with Crippen LogP contribution in [-0.4, -0.2) is 42.9 Å². The molecule has 2 heterocycles. The lowest BCUT2D eigenvalue weighted by Crippen LogP contribution is -2.60. The highest BCUT2D eigenvalue weighted by molar-refractivity contribution is 6.03. The van der Waals surface area contributed by atoms with E-state index in [4.69, 9.17) is 4.74 Å². The van der Waals surface area contributed by atoms with E-state index >= 15 is 0 Å². The second kappa shape index (κ2) is 7.68. The van der Waals surface area contributed by atoms with Crippen molar-refractivity contribution in [2.75, 3.05) is 13.7 Å². The molecule has 2 aliphatic rings. The fourth-order valence-electron chi connectivity index (χ4n) is 3.33. The SMILES string of the molecule is CCOC(=O)C1=C(C(=O)OC)C(C#N)(C#N)C(C#N)(C#N)C2C=CC(C=O)=CN12. The number of hydrogen-bond acceptors (Lipinski definition) is 10. The van der Waals surface area contributed by atoms with Crippen LogP contribution in [0.3, 0.4) is 0 Å². The molecular weight excluding hydrogens is 378 g/mol. The van der Waals surface area contributed by atoms with Gasteiger partial charge in [0.05, 0.1) is 44.0 Å². The smallest absolute Gasteiger partial charge is 0.355 e. The number of methoxy groups -OCH3 is 1. The highest BCUT2D eigenvalue weighted by atomic mass is 16.5. The topological polar surface area (TPSA) is 168 Å². The molecule has 144 valence electrons. The average molecular weight is 391 g/mol. The third kappa shape index (κ3) is 2.64. The van der Waals surface area contributed by atoms with Crippen LogP contribution in [0, 0.1) is 56.2 Å². The van der Waals surface area contributed by atoms with Crippen LogP contribution in [-0.2, 0) is 23.9 Å². The van der Waals surface area contributed by atoms with Gasteiger partial charge in [-0.3, -0.25) is 4.79 Å². The molecule has 1 atom stereocenters. The average Bonchev–Trinajstić information content (AvgIpc) is 2.76. The molecule has 0 aromatic rings. The molecular formula is C19H13N5O5. The van der Waals surface area contributed by atoms with Crippen LogP contribution in [0.4, 0.5) is 0 Å². The zero-order chi connectivity index (χ0) is 21.8. The van der Waals surface area contributed by atoms with Gasteiger partial charge in [-0.25, -0.2) is 9.59 Å². The molecule has 0 aromatic heterocycles. The summed E-state index contributed by atoms with van der Waals surface area (Å²) in [5.74, 6) is -2.35. The number of carbonyl (C=O) groups excluding carboxylic acids is 3. The maximum atomic E-state index is 12.7. The minimum Gasteiger partial charge on any atom is -0.466 e. The highest BCUT2D eigenvalue weighted by Crippen LogP contribution is 2.55. The Labute approximate surface area is 165 Å². The fourth-order valence-corrected chi connectivity index (χ4v) is 3.33. The minimum atomic E-state index is -2.68. The Bertz CT molecular complexity index is 1010. The van der Waals surface area contributed by atoms with E-state index < -0.39 is 40.1 Å². The fraction of sp³-hybridized carbons (Fsp3) is 0.316. The number of ether oxygens (including phenoxy) is 2. The van der Waals surface area contributed by atoms with Crippen LogP contribution >= 0.6 is 0 Å². The maximum absolute atomic E-state index is 12.7. The lowest BCUT2D eigenvalue weighted by molar-refractivity contribution is -0.144. The van der Waals surface area contributed by atoms with E-state index in [-0.39, 0.29) is 12.2 Å². The molecule has 10 heteroatoms. The van der Waals surface area contributed by atoms with Crippen molar-refractivity contribution >= 4 is 18.2 Å². The largest absolute Gasteiger partial charge is 0.466 e. The van der Waals surface area contributed by atoms with E-state index in [9.17, 15) is 35.4 Å². The second-order valence-electron chi connectivity index (χ2n) is 5.90. The van der Waals surface area contributed by atoms with Crippen LogP contribution in [0.15, 0.2) is 35.2 Å². The first-order chi connectivity index (χ1) is 13.9. The summed E-state index contributed by atoms with van der Waals surface area (Å²) >= 11 is 0. The van der Waals surface area contributed by atoms with Crippen LogP contribution in [0.2, 0.25) is 0 Å². The summed E-state index contributed by atoms with van der Waals surface area (Å²) in [4.78, 5) is 37.6. The predicted octanol–water partition coefficient (Wildman–Crippen LogP) is 0.381. The van der Waals surface area contributed by atoms with Crippen molar-refractivity contribution in [3.05, 3.63) is 35.2 Å². The third-order valence-electron chi connectivity index (χ3n) is 4.65. The van der Waals surface area contributed by atoms with Crippen LogP contribution in [0.5, 0.6) is 0 Å². The molecule has 0 amide bonds. The maximum Gasteiger partial charge on any atom is 0.355 e. The first-order valence-corrected chi connectivity index (χ1v) is 8.16. The molecule has 0 saturated carbocycles. The van der Waals surface area contributed by atoms with Gasteiger partial charge in [0.25, 0.3) is 0 Å². The van der Waals surface area contributed by atoms with Crippen molar-refractivity contribution in [3.63, 3.8) is 0 Å². The number of esters is 2. The highest BCUT2D eigenvalue weighted by Gasteiger charge is 2.69. The Hall–Kier alpha value is -4.41. The Morgan fingerprint density at radius 3 is 2.24 bits per heavy atom. The molecule has 0 spiro atoms. The molecule has 2 aliphatic heterocycles. The van der Waals surface area contributed by atoms with Crippen molar-refractivity contribution in [1.29, 1.82) is 21.0 Å². The van der Waals surface area contributed by atoms with E-state index in [0.717, 1.165) is 18.2 Å². The van der Waals surface area contributed by atoms with Crippen molar-refractivity contribution < 1.29 is 23.9 Å². The molecule has 2 rings (SSSR count). The van der Waals surface area contributed by atoms with Gasteiger partial charge in [-0.1, -0.05) is 12.2 Å². The summed E-state index contributed by atoms with van der Waals surface area (Å²) in [6.07, 6.45) is 4.11. The summed E-state index contributed by atoms with van der Waals surface area (Å²) < 4.78 is 9.63. The Kier molecular flexibility index (Phi) is 5.53. The van der Waals surface area contributed by atoms with Gasteiger partial charge in [0.15, 0.2) is 6.29 Å². The predicted molar refractivity (Wildman–Crippen MR) is 91.9 cm³/mol. The van der Waals surface area contributed by atoms with E-state index in [1.54, 1.807) is 24.3 Å². The number of nitriles is 4. The quantitative estimate of drug-likeness (QED) is 0.482. The second-order valence-corrected chi connectivity index (χ2v) is 5.90. The van der Waals surface area contributed by atoms with Gasteiger partial charge >= 0.3 is 11.9 Å². The number of hydrogen-bond donors (Lipinski definition) is 0. The Morgan fingerprint density at radius 1 is 1.17 bits per heavy atom. The molecule has 29 heavy (non-hydrogen) atoms. The van der Waals surface area contributed by atoms with Gasteiger partial charge in [-0.2, -0.15) is 21.0 Å². The number of fused-ring (bicyclic) bond motifs is 1. The first kappa shape index (κ1) is 20.9. The molecule has 0 N–H and O–H groups in total. The molecule has 0 aromatic carbocycles. The molecule has 0 saturated heterocycles. The lowest BCUT2D eigenvalue weighted by atomic mass is 9.55. The van der Waals surface area contributed by atoms with Gasteiger partial charge in [-0.05, 0) is 6.92 Å². The lowest BCUT2D eigenvalue weighted by Gasteiger charge is -2.48. The van der Waals surface area contributed by atoms with Gasteiger partial charge in [-0.15, -0.1) is 0 Å².